The molecule has 1 spiro atoms. The van der Waals surface area contributed by atoms with Gasteiger partial charge in [-0.2, -0.15) is 0 Å². The molecule has 4 aromatic carbocycles. The molecular formula is C36H30N2O6. The molecule has 3 aliphatic rings. The van der Waals surface area contributed by atoms with E-state index in [0.717, 1.165) is 11.1 Å². The molecule has 8 heteroatoms. The zero-order valence-electron chi connectivity index (χ0n) is 24.4. The number of Topliss-reactive ketones (excluding diaryl/α,β-unsaturated/α-hetero) is 2. The second kappa shape index (κ2) is 10.4. The van der Waals surface area contributed by atoms with E-state index in [9.17, 15) is 9.59 Å². The molecular weight excluding hydrogens is 556 g/mol. The van der Waals surface area contributed by atoms with E-state index in [1.54, 1.807) is 42.5 Å². The molecule has 1 saturated heterocycles. The standard InChI is InChI=1S/C36H30N2O6/c1-42-27-15-9-6-12-24(27)33(40)31-30(32(39)22-16-17-28(43-2)29(20-22)44-3)36(25-13-7-8-14-26(25)37-35(36)41)34-23-11-5-4-10-21(23)18-19-38(31)34/h4-20,30-31,34H,1-3H3,(H,37,41)/t30-,31+,34-,36+/m1/s1. The van der Waals surface area contributed by atoms with Crippen LogP contribution in [0.5, 0.6) is 17.2 Å². The zero-order valence-corrected chi connectivity index (χ0v) is 24.4. The van der Waals surface area contributed by atoms with Crippen molar-refractivity contribution in [2.24, 2.45) is 5.92 Å². The number of fused-ring (bicyclic) bond motifs is 6. The summed E-state index contributed by atoms with van der Waals surface area (Å²) in [6.07, 6.45) is 3.78. The molecule has 1 fully saturated rings. The molecule has 0 unspecified atom stereocenters. The lowest BCUT2D eigenvalue weighted by Crippen LogP contribution is -2.49. The van der Waals surface area contributed by atoms with Gasteiger partial charge in [0, 0.05) is 17.5 Å². The minimum absolute atomic E-state index is 0.305. The van der Waals surface area contributed by atoms with E-state index in [1.165, 1.54) is 21.3 Å². The van der Waals surface area contributed by atoms with Crippen LogP contribution >= 0.6 is 0 Å². The first-order chi connectivity index (χ1) is 21.4. The smallest absolute Gasteiger partial charge is 0.238 e. The van der Waals surface area contributed by atoms with E-state index >= 15 is 4.79 Å². The van der Waals surface area contributed by atoms with E-state index in [0.29, 0.717) is 39.6 Å². The molecule has 44 heavy (non-hydrogen) atoms. The Morgan fingerprint density at radius 1 is 0.773 bits per heavy atom. The van der Waals surface area contributed by atoms with Gasteiger partial charge in [0.25, 0.3) is 0 Å². The van der Waals surface area contributed by atoms with Gasteiger partial charge in [-0.15, -0.1) is 0 Å². The van der Waals surface area contributed by atoms with Gasteiger partial charge in [0.1, 0.15) is 17.2 Å². The number of hydrogen-bond donors (Lipinski definition) is 1. The summed E-state index contributed by atoms with van der Waals surface area (Å²) in [4.78, 5) is 46.4. The van der Waals surface area contributed by atoms with Crippen LogP contribution in [0.15, 0.2) is 97.2 Å². The molecule has 220 valence electrons. The van der Waals surface area contributed by atoms with Gasteiger partial charge in [-0.25, -0.2) is 0 Å². The van der Waals surface area contributed by atoms with Crippen molar-refractivity contribution in [1.29, 1.82) is 0 Å². The Kier molecular flexibility index (Phi) is 6.50. The predicted molar refractivity (Wildman–Crippen MR) is 165 cm³/mol. The van der Waals surface area contributed by atoms with Crippen molar-refractivity contribution >= 4 is 29.2 Å². The molecule has 3 aliphatic heterocycles. The summed E-state index contributed by atoms with van der Waals surface area (Å²) in [6.45, 7) is 0. The number of amides is 1. The third-order valence-electron chi connectivity index (χ3n) is 9.16. The van der Waals surface area contributed by atoms with E-state index in [4.69, 9.17) is 14.2 Å². The molecule has 1 N–H and O–H groups in total. The van der Waals surface area contributed by atoms with Gasteiger partial charge in [-0.3, -0.25) is 14.4 Å². The summed E-state index contributed by atoms with van der Waals surface area (Å²) in [5, 5.41) is 3.07. The van der Waals surface area contributed by atoms with E-state index in [2.05, 4.69) is 5.32 Å². The summed E-state index contributed by atoms with van der Waals surface area (Å²) < 4.78 is 16.6. The second-order valence-electron chi connectivity index (χ2n) is 11.1. The molecule has 0 aromatic heterocycles. The van der Waals surface area contributed by atoms with Gasteiger partial charge >= 0.3 is 0 Å². The number of carbonyl (C=O) groups excluding carboxylic acids is 3. The minimum atomic E-state index is -1.44. The van der Waals surface area contributed by atoms with Crippen LogP contribution in [0.4, 0.5) is 5.69 Å². The average Bonchev–Trinajstić information content (AvgIpc) is 3.55. The fourth-order valence-corrected chi connectivity index (χ4v) is 7.34. The lowest BCUT2D eigenvalue weighted by atomic mass is 9.62. The van der Waals surface area contributed by atoms with Gasteiger partial charge in [-0.05, 0) is 59.2 Å². The molecule has 4 atom stereocenters. The predicted octanol–water partition coefficient (Wildman–Crippen LogP) is 5.69. The molecule has 0 saturated carbocycles. The molecule has 0 bridgehead atoms. The highest BCUT2D eigenvalue weighted by Gasteiger charge is 2.70. The first-order valence-electron chi connectivity index (χ1n) is 14.3. The van der Waals surface area contributed by atoms with Gasteiger partial charge in [0.2, 0.25) is 5.91 Å². The Morgan fingerprint density at radius 2 is 1.48 bits per heavy atom. The number of methoxy groups -OCH3 is 3. The number of rotatable bonds is 7. The van der Waals surface area contributed by atoms with Gasteiger partial charge in [0.05, 0.1) is 38.9 Å². The van der Waals surface area contributed by atoms with E-state index in [1.807, 2.05) is 65.7 Å². The van der Waals surface area contributed by atoms with Crippen molar-refractivity contribution in [3.63, 3.8) is 0 Å². The maximum absolute atomic E-state index is 15.1. The highest BCUT2D eigenvalue weighted by Crippen LogP contribution is 2.62. The number of carbonyl (C=O) groups is 3. The van der Waals surface area contributed by atoms with Crippen LogP contribution in [0.3, 0.4) is 0 Å². The lowest BCUT2D eigenvalue weighted by Gasteiger charge is -2.38. The number of para-hydroxylation sites is 2. The van der Waals surface area contributed by atoms with Crippen molar-refractivity contribution in [2.45, 2.75) is 17.5 Å². The number of hydrogen-bond acceptors (Lipinski definition) is 7. The first kappa shape index (κ1) is 27.5. The first-order valence-corrected chi connectivity index (χ1v) is 14.3. The highest BCUT2D eigenvalue weighted by molar-refractivity contribution is 6.17. The Morgan fingerprint density at radius 3 is 2.27 bits per heavy atom. The number of ether oxygens (including phenoxy) is 3. The van der Waals surface area contributed by atoms with Gasteiger partial charge < -0.3 is 24.4 Å². The van der Waals surface area contributed by atoms with E-state index < -0.39 is 23.4 Å². The van der Waals surface area contributed by atoms with Crippen LogP contribution < -0.4 is 19.5 Å². The fraction of sp³-hybridized carbons (Fsp3) is 0.194. The Hall–Kier alpha value is -5.37. The third-order valence-corrected chi connectivity index (χ3v) is 9.16. The monoisotopic (exact) mass is 586 g/mol. The van der Waals surface area contributed by atoms with Crippen LogP contribution in [0.25, 0.3) is 6.08 Å². The summed E-state index contributed by atoms with van der Waals surface area (Å²) in [5.74, 6) is -0.890. The average molecular weight is 587 g/mol. The van der Waals surface area contributed by atoms with Crippen LogP contribution in [0, 0.1) is 5.92 Å². The molecule has 4 aromatic rings. The number of nitrogens with zero attached hydrogens (tertiary/aromatic N) is 1. The number of ketones is 2. The summed E-state index contributed by atoms with van der Waals surface area (Å²) in [7, 11) is 4.53. The van der Waals surface area contributed by atoms with Crippen molar-refractivity contribution < 1.29 is 28.6 Å². The summed E-state index contributed by atoms with van der Waals surface area (Å²) >= 11 is 0. The molecule has 0 radical (unpaired) electrons. The largest absolute Gasteiger partial charge is 0.496 e. The Bertz CT molecular complexity index is 1870. The number of nitrogens with one attached hydrogen (secondary N) is 1. The van der Waals surface area contributed by atoms with Crippen molar-refractivity contribution in [1.82, 2.24) is 4.90 Å². The lowest BCUT2D eigenvalue weighted by molar-refractivity contribution is -0.122. The molecule has 1 amide bonds. The second-order valence-corrected chi connectivity index (χ2v) is 11.1. The Balaban J connectivity index is 1.53. The van der Waals surface area contributed by atoms with Gasteiger partial charge in [0.15, 0.2) is 23.1 Å². The number of anilines is 1. The Labute approximate surface area is 254 Å². The van der Waals surface area contributed by atoms with Crippen LogP contribution in [-0.2, 0) is 10.2 Å². The van der Waals surface area contributed by atoms with Crippen molar-refractivity contribution in [2.75, 3.05) is 26.6 Å². The summed E-state index contributed by atoms with van der Waals surface area (Å²) in [5.41, 5.74) is 2.29. The molecule has 7 rings (SSSR count). The number of benzene rings is 4. The zero-order chi connectivity index (χ0) is 30.6. The fourth-order valence-electron chi connectivity index (χ4n) is 7.34. The maximum Gasteiger partial charge on any atom is 0.238 e. The maximum atomic E-state index is 15.1. The summed E-state index contributed by atoms with van der Waals surface area (Å²) in [6, 6.07) is 25.5. The van der Waals surface area contributed by atoms with Crippen molar-refractivity contribution in [3.05, 3.63) is 125 Å². The SMILES string of the molecule is COc1ccc(C(=O)[C@H]2[C@@H](C(=O)c3ccccc3OC)N3C=Cc4ccccc4[C@@H]3[C@@]23C(=O)Nc2ccccc23)cc1OC. The van der Waals surface area contributed by atoms with Crippen LogP contribution in [0.2, 0.25) is 0 Å². The third kappa shape index (κ3) is 3.73. The quantitative estimate of drug-likeness (QED) is 0.278. The van der Waals surface area contributed by atoms with Crippen LogP contribution in [-0.4, -0.2) is 49.7 Å². The topological polar surface area (TPSA) is 94.2 Å². The molecule has 8 nitrogen and oxygen atoms in total. The van der Waals surface area contributed by atoms with E-state index in [-0.39, 0.29) is 17.5 Å². The minimum Gasteiger partial charge on any atom is -0.496 e. The normalized spacial score (nSPS) is 22.6. The van der Waals surface area contributed by atoms with Crippen molar-refractivity contribution in [3.8, 4) is 17.2 Å². The van der Waals surface area contributed by atoms with Crippen LogP contribution in [0.1, 0.15) is 43.4 Å². The van der Waals surface area contributed by atoms with Gasteiger partial charge in [-0.1, -0.05) is 54.6 Å². The molecule has 3 heterocycles. The highest BCUT2D eigenvalue weighted by atomic mass is 16.5. The molecule has 0 aliphatic carbocycles.